The molecule has 1 aliphatic heterocycles. The largest absolute Gasteiger partial charge is 0.283 e. The summed E-state index contributed by atoms with van der Waals surface area (Å²) >= 11 is 0. The molecule has 1 aromatic carbocycles. The molecule has 0 atom stereocenters. The Labute approximate surface area is 119 Å². The average molecular weight is 318 g/mol. The lowest BCUT2D eigenvalue weighted by molar-refractivity contribution is 0.348. The van der Waals surface area contributed by atoms with Crippen LogP contribution in [-0.4, -0.2) is 45.7 Å². The first kappa shape index (κ1) is 15.3. The molecular weight excluding hydrogens is 300 g/mol. The molecule has 20 heavy (non-hydrogen) atoms. The highest BCUT2D eigenvalue weighted by Gasteiger charge is 2.32. The van der Waals surface area contributed by atoms with Crippen molar-refractivity contribution in [2.45, 2.75) is 18.1 Å². The molecule has 6 nitrogen and oxygen atoms in total. The summed E-state index contributed by atoms with van der Waals surface area (Å²) in [4.78, 5) is 0. The summed E-state index contributed by atoms with van der Waals surface area (Å²) in [5.41, 5.74) is 0.526. The van der Waals surface area contributed by atoms with Crippen LogP contribution in [0.1, 0.15) is 12.8 Å². The molecule has 0 saturated carbocycles. The Bertz CT molecular complexity index is 648. The number of anilines is 1. The monoisotopic (exact) mass is 318 g/mol. The molecule has 2 rings (SSSR count). The number of para-hydroxylation sites is 1. The van der Waals surface area contributed by atoms with Crippen LogP contribution in [0.2, 0.25) is 0 Å². The molecule has 0 spiro atoms. The number of hydrogen-bond donors (Lipinski definition) is 1. The molecule has 0 unspecified atom stereocenters. The van der Waals surface area contributed by atoms with E-state index in [1.165, 1.54) is 4.31 Å². The normalized spacial score (nSPS) is 18.9. The van der Waals surface area contributed by atoms with Crippen molar-refractivity contribution in [3.05, 3.63) is 30.3 Å². The van der Waals surface area contributed by atoms with Crippen LogP contribution < -0.4 is 4.72 Å². The Kier molecular flexibility index (Phi) is 4.36. The minimum Gasteiger partial charge on any atom is -0.283 e. The Balaban J connectivity index is 2.03. The van der Waals surface area contributed by atoms with E-state index in [-0.39, 0.29) is 13.1 Å². The van der Waals surface area contributed by atoms with Gasteiger partial charge in [0.05, 0.1) is 11.5 Å². The molecule has 0 radical (unpaired) electrons. The van der Waals surface area contributed by atoms with Crippen molar-refractivity contribution >= 4 is 25.7 Å². The van der Waals surface area contributed by atoms with Crippen LogP contribution in [0.4, 0.5) is 5.69 Å². The number of hydrogen-bond acceptors (Lipinski definition) is 4. The number of sulfonamides is 2. The molecule has 1 fully saturated rings. The van der Waals surface area contributed by atoms with Gasteiger partial charge in [0, 0.05) is 18.8 Å². The minimum absolute atomic E-state index is 0.249. The van der Waals surface area contributed by atoms with Crippen molar-refractivity contribution in [1.82, 2.24) is 4.31 Å². The van der Waals surface area contributed by atoms with E-state index in [0.29, 0.717) is 18.5 Å². The zero-order valence-electron chi connectivity index (χ0n) is 11.2. The fraction of sp³-hybridized carbons (Fsp3) is 0.500. The molecule has 1 N–H and O–H groups in total. The van der Waals surface area contributed by atoms with E-state index >= 15 is 0 Å². The highest BCUT2D eigenvalue weighted by molar-refractivity contribution is 7.93. The lowest BCUT2D eigenvalue weighted by Gasteiger charge is -2.30. The maximum Gasteiger partial charge on any atom is 0.235 e. The van der Waals surface area contributed by atoms with Gasteiger partial charge in [-0.25, -0.2) is 21.1 Å². The molecular formula is C12H18N2O4S2. The first-order valence-electron chi connectivity index (χ1n) is 6.31. The third-order valence-electron chi connectivity index (χ3n) is 3.34. The van der Waals surface area contributed by atoms with Crippen molar-refractivity contribution in [3.8, 4) is 0 Å². The summed E-state index contributed by atoms with van der Waals surface area (Å²) in [7, 11) is -6.71. The zero-order chi connectivity index (χ0) is 14.8. The Hall–Kier alpha value is -1.12. The van der Waals surface area contributed by atoms with Gasteiger partial charge in [0.25, 0.3) is 0 Å². The van der Waals surface area contributed by atoms with Gasteiger partial charge in [0.15, 0.2) is 0 Å². The first-order valence-corrected chi connectivity index (χ1v) is 9.70. The summed E-state index contributed by atoms with van der Waals surface area (Å²) in [6.07, 6.45) is 1.77. The van der Waals surface area contributed by atoms with Gasteiger partial charge in [0.2, 0.25) is 20.0 Å². The molecule has 1 heterocycles. The van der Waals surface area contributed by atoms with Crippen molar-refractivity contribution in [3.63, 3.8) is 0 Å². The zero-order valence-corrected chi connectivity index (χ0v) is 12.8. The van der Waals surface area contributed by atoms with Gasteiger partial charge >= 0.3 is 0 Å². The minimum atomic E-state index is -3.48. The van der Waals surface area contributed by atoms with Crippen molar-refractivity contribution < 1.29 is 16.8 Å². The Morgan fingerprint density at radius 1 is 1.05 bits per heavy atom. The lowest BCUT2D eigenvalue weighted by atomic mass is 10.2. The smallest absolute Gasteiger partial charge is 0.235 e. The van der Waals surface area contributed by atoms with E-state index in [4.69, 9.17) is 0 Å². The SMILES string of the molecule is CS(=O)(=O)N1CCC(S(=O)(=O)Nc2ccccc2)CC1. The number of rotatable bonds is 4. The Morgan fingerprint density at radius 3 is 2.10 bits per heavy atom. The van der Waals surface area contributed by atoms with Gasteiger partial charge in [0.1, 0.15) is 0 Å². The second-order valence-electron chi connectivity index (χ2n) is 4.87. The van der Waals surface area contributed by atoms with E-state index in [1.54, 1.807) is 24.3 Å². The number of piperidine rings is 1. The Morgan fingerprint density at radius 2 is 1.60 bits per heavy atom. The highest BCUT2D eigenvalue weighted by Crippen LogP contribution is 2.21. The molecule has 1 aromatic rings. The molecule has 0 aliphatic carbocycles. The molecule has 1 saturated heterocycles. The average Bonchev–Trinajstić information content (AvgIpc) is 2.38. The van der Waals surface area contributed by atoms with Gasteiger partial charge in [-0.2, -0.15) is 0 Å². The third kappa shape index (κ3) is 3.71. The second kappa shape index (κ2) is 5.71. The lowest BCUT2D eigenvalue weighted by Crippen LogP contribution is -2.43. The molecule has 0 aromatic heterocycles. The van der Waals surface area contributed by atoms with E-state index in [2.05, 4.69) is 4.72 Å². The van der Waals surface area contributed by atoms with E-state index in [1.807, 2.05) is 6.07 Å². The summed E-state index contributed by atoms with van der Waals surface area (Å²) < 4.78 is 51.1. The highest BCUT2D eigenvalue weighted by atomic mass is 32.2. The van der Waals surface area contributed by atoms with Gasteiger partial charge in [-0.1, -0.05) is 18.2 Å². The molecule has 0 bridgehead atoms. The summed E-state index contributed by atoms with van der Waals surface area (Å²) in [5, 5.41) is -0.555. The maximum atomic E-state index is 12.2. The molecule has 1 aliphatic rings. The number of nitrogens with zero attached hydrogens (tertiary/aromatic N) is 1. The van der Waals surface area contributed by atoms with Crippen LogP contribution in [-0.2, 0) is 20.0 Å². The fourth-order valence-electron chi connectivity index (χ4n) is 2.23. The summed E-state index contributed by atoms with van der Waals surface area (Å²) in [5.74, 6) is 0. The predicted octanol–water partition coefficient (Wildman–Crippen LogP) is 0.852. The van der Waals surface area contributed by atoms with Crippen LogP contribution in [0.3, 0.4) is 0 Å². The predicted molar refractivity (Wildman–Crippen MR) is 78.4 cm³/mol. The molecule has 112 valence electrons. The van der Waals surface area contributed by atoms with Crippen molar-refractivity contribution in [2.75, 3.05) is 24.1 Å². The molecule has 8 heteroatoms. The quantitative estimate of drug-likeness (QED) is 0.892. The summed E-state index contributed by atoms with van der Waals surface area (Å²) in [6, 6.07) is 8.68. The number of benzene rings is 1. The van der Waals surface area contributed by atoms with Gasteiger partial charge in [-0.15, -0.1) is 0 Å². The van der Waals surface area contributed by atoms with E-state index in [0.717, 1.165) is 6.26 Å². The topological polar surface area (TPSA) is 83.6 Å². The van der Waals surface area contributed by atoms with Crippen LogP contribution in [0.15, 0.2) is 30.3 Å². The first-order chi connectivity index (χ1) is 9.29. The van der Waals surface area contributed by atoms with Crippen molar-refractivity contribution in [2.24, 2.45) is 0 Å². The van der Waals surface area contributed by atoms with Crippen LogP contribution in [0, 0.1) is 0 Å². The van der Waals surface area contributed by atoms with Crippen LogP contribution in [0.5, 0.6) is 0 Å². The molecule has 0 amide bonds. The second-order valence-corrected chi connectivity index (χ2v) is 8.82. The van der Waals surface area contributed by atoms with Gasteiger partial charge < -0.3 is 0 Å². The standard InChI is InChI=1S/C12H18N2O4S2/c1-19(15,16)14-9-7-12(8-10-14)20(17,18)13-11-5-3-2-4-6-11/h2-6,12-13H,7-10H2,1H3. The van der Waals surface area contributed by atoms with Crippen LogP contribution in [0.25, 0.3) is 0 Å². The van der Waals surface area contributed by atoms with Gasteiger partial charge in [-0.05, 0) is 25.0 Å². The van der Waals surface area contributed by atoms with E-state index in [9.17, 15) is 16.8 Å². The van der Waals surface area contributed by atoms with Crippen LogP contribution >= 0.6 is 0 Å². The number of nitrogens with one attached hydrogen (secondary N) is 1. The van der Waals surface area contributed by atoms with Gasteiger partial charge in [-0.3, -0.25) is 4.72 Å². The summed E-state index contributed by atoms with van der Waals surface area (Å²) in [6.45, 7) is 0.498. The third-order valence-corrected chi connectivity index (χ3v) is 6.52. The maximum absolute atomic E-state index is 12.2. The van der Waals surface area contributed by atoms with Crippen molar-refractivity contribution in [1.29, 1.82) is 0 Å². The van der Waals surface area contributed by atoms with E-state index < -0.39 is 25.3 Å². The fourth-order valence-corrected chi connectivity index (χ4v) is 4.56.